The van der Waals surface area contributed by atoms with Crippen LogP contribution in [0.3, 0.4) is 0 Å². The summed E-state index contributed by atoms with van der Waals surface area (Å²) in [7, 11) is 0. The van der Waals surface area contributed by atoms with E-state index in [0.29, 0.717) is 0 Å². The topological polar surface area (TPSA) is 30.9 Å². The second-order valence-corrected chi connectivity index (χ2v) is 12.1. The van der Waals surface area contributed by atoms with Crippen molar-refractivity contribution in [3.63, 3.8) is 0 Å². The summed E-state index contributed by atoms with van der Waals surface area (Å²) in [5, 5.41) is 10.5. The van der Waals surface area contributed by atoms with Crippen molar-refractivity contribution in [2.75, 3.05) is 15.2 Å². The van der Waals surface area contributed by atoms with Gasteiger partial charge in [-0.15, -0.1) is 0 Å². The predicted octanol–water partition coefficient (Wildman–Crippen LogP) is 12.4. The Kier molecular flexibility index (Phi) is 9.29. The van der Waals surface area contributed by atoms with Crippen molar-refractivity contribution in [1.29, 1.82) is 0 Å². The normalized spacial score (nSPS) is 11.0. The Morgan fingerprint density at radius 3 is 1.53 bits per heavy atom. The van der Waals surface area contributed by atoms with Gasteiger partial charge in [0.1, 0.15) is 0 Å². The Hall–Kier alpha value is -6.39. The van der Waals surface area contributed by atoms with Crippen molar-refractivity contribution in [1.82, 2.24) is 0 Å². The van der Waals surface area contributed by atoms with E-state index in [0.717, 1.165) is 56.5 Å². The number of anilines is 7. The molecule has 0 aromatic heterocycles. The minimum absolute atomic E-state index is 1.01. The maximum Gasteiger partial charge on any atom is 0.0652 e. The van der Waals surface area contributed by atoms with Gasteiger partial charge in [-0.1, -0.05) is 108 Å². The van der Waals surface area contributed by atoms with E-state index >= 15 is 0 Å². The summed E-state index contributed by atoms with van der Waals surface area (Å²) in [5.41, 5.74) is 13.2. The van der Waals surface area contributed by atoms with Crippen molar-refractivity contribution >= 4 is 46.0 Å². The van der Waals surface area contributed by atoms with Crippen molar-refractivity contribution in [2.45, 2.75) is 13.8 Å². The van der Waals surface area contributed by atoms with Gasteiger partial charge in [-0.05, 0) is 110 Å². The monoisotopic (exact) mass is 634 g/mol. The molecule has 238 valence electrons. The maximum atomic E-state index is 4.86. The van der Waals surface area contributed by atoms with Crippen LogP contribution in [0.2, 0.25) is 0 Å². The second-order valence-electron chi connectivity index (χ2n) is 12.1. The zero-order chi connectivity index (χ0) is 33.4. The third-order valence-corrected chi connectivity index (χ3v) is 8.43. The molecule has 0 bridgehead atoms. The summed E-state index contributed by atoms with van der Waals surface area (Å²) >= 11 is 0. The quantitative estimate of drug-likeness (QED) is 0.120. The second kappa shape index (κ2) is 14.6. The third-order valence-electron chi connectivity index (χ3n) is 8.43. The van der Waals surface area contributed by atoms with Crippen LogP contribution in [0.5, 0.6) is 0 Å². The van der Waals surface area contributed by atoms with Crippen LogP contribution in [-0.4, -0.2) is 6.21 Å². The molecule has 7 aromatic rings. The molecule has 1 N–H and O–H groups in total. The van der Waals surface area contributed by atoms with Crippen LogP contribution in [0.4, 0.5) is 39.8 Å². The first-order valence-corrected chi connectivity index (χ1v) is 16.5. The van der Waals surface area contributed by atoms with Crippen LogP contribution in [-0.2, 0) is 0 Å². The van der Waals surface area contributed by atoms with E-state index in [1.807, 2.05) is 47.6 Å². The SMILES string of the molecule is Cc1ccc(N(c2ccccc2)c2ccc(-c3cc(C)ccc3Nc3ccc(C=NN(c4ccccc4)c4ccccc4)cc3)cc2)cc1. The van der Waals surface area contributed by atoms with Gasteiger partial charge in [0.15, 0.2) is 0 Å². The molecule has 0 aliphatic heterocycles. The minimum Gasteiger partial charge on any atom is -0.355 e. The van der Waals surface area contributed by atoms with Crippen LogP contribution >= 0.6 is 0 Å². The van der Waals surface area contributed by atoms with Gasteiger partial charge in [0.05, 0.1) is 17.6 Å². The number of hydrogen-bond donors (Lipinski definition) is 1. The highest BCUT2D eigenvalue weighted by atomic mass is 15.5. The molecule has 49 heavy (non-hydrogen) atoms. The summed E-state index contributed by atoms with van der Waals surface area (Å²) in [6.07, 6.45) is 1.90. The summed E-state index contributed by atoms with van der Waals surface area (Å²) in [6, 6.07) is 63.4. The van der Waals surface area contributed by atoms with Gasteiger partial charge in [0, 0.05) is 34.0 Å². The van der Waals surface area contributed by atoms with Crippen molar-refractivity contribution in [3.8, 4) is 11.1 Å². The Morgan fingerprint density at radius 1 is 0.469 bits per heavy atom. The molecule has 0 fully saturated rings. The van der Waals surface area contributed by atoms with Crippen LogP contribution in [0.1, 0.15) is 16.7 Å². The number of nitrogens with one attached hydrogen (secondary N) is 1. The molecule has 0 aliphatic rings. The highest BCUT2D eigenvalue weighted by Gasteiger charge is 2.14. The number of hydrazone groups is 1. The molecular formula is C45H38N4. The molecule has 0 atom stereocenters. The number of rotatable bonds is 10. The van der Waals surface area contributed by atoms with Crippen LogP contribution in [0.25, 0.3) is 11.1 Å². The average molecular weight is 635 g/mol. The lowest BCUT2D eigenvalue weighted by Crippen LogP contribution is -2.09. The maximum absolute atomic E-state index is 4.86. The number of para-hydroxylation sites is 3. The number of nitrogens with zero attached hydrogens (tertiary/aromatic N) is 3. The molecule has 7 rings (SSSR count). The van der Waals surface area contributed by atoms with Gasteiger partial charge < -0.3 is 10.2 Å². The molecule has 0 spiro atoms. The first kappa shape index (κ1) is 31.2. The first-order chi connectivity index (χ1) is 24.1. The van der Waals surface area contributed by atoms with Crippen molar-refractivity contribution in [2.24, 2.45) is 5.10 Å². The Bertz CT molecular complexity index is 2090. The molecule has 4 nitrogen and oxygen atoms in total. The molecule has 0 unspecified atom stereocenters. The highest BCUT2D eigenvalue weighted by molar-refractivity contribution is 5.86. The Labute approximate surface area is 289 Å². The predicted molar refractivity (Wildman–Crippen MR) is 208 cm³/mol. The number of hydrogen-bond acceptors (Lipinski definition) is 4. The lowest BCUT2D eigenvalue weighted by Gasteiger charge is -2.26. The summed E-state index contributed by atoms with van der Waals surface area (Å²) < 4.78 is 0. The molecule has 0 saturated heterocycles. The molecular weight excluding hydrogens is 597 g/mol. The fourth-order valence-corrected chi connectivity index (χ4v) is 5.87. The van der Waals surface area contributed by atoms with Crippen LogP contribution in [0.15, 0.2) is 187 Å². The van der Waals surface area contributed by atoms with E-state index in [4.69, 9.17) is 5.10 Å². The summed E-state index contributed by atoms with van der Waals surface area (Å²) in [5.74, 6) is 0. The van der Waals surface area contributed by atoms with E-state index in [9.17, 15) is 0 Å². The average Bonchev–Trinajstić information content (AvgIpc) is 3.16. The zero-order valence-corrected chi connectivity index (χ0v) is 27.7. The summed E-state index contributed by atoms with van der Waals surface area (Å²) in [4.78, 5) is 2.29. The van der Waals surface area contributed by atoms with Gasteiger partial charge in [-0.3, -0.25) is 0 Å². The van der Waals surface area contributed by atoms with E-state index in [2.05, 4.69) is 170 Å². The van der Waals surface area contributed by atoms with E-state index < -0.39 is 0 Å². The lowest BCUT2D eigenvalue weighted by molar-refractivity contribution is 1.09. The Morgan fingerprint density at radius 2 is 0.959 bits per heavy atom. The number of aryl methyl sites for hydroxylation is 2. The standard InChI is InChI=1S/C45H38N4/c1-34-18-27-40(28-19-34)48(39-12-6-3-7-13-39)41-29-23-37(24-30-41)44-32-35(2)20-31-45(44)47-38-25-21-36(22-26-38)33-46-49(42-14-8-4-9-15-42)43-16-10-5-11-17-43/h3-33,47H,1-2H3. The van der Waals surface area contributed by atoms with Crippen LogP contribution < -0.4 is 15.2 Å². The highest BCUT2D eigenvalue weighted by Crippen LogP contribution is 2.37. The third kappa shape index (κ3) is 7.45. The smallest absolute Gasteiger partial charge is 0.0652 e. The molecule has 0 saturated carbocycles. The first-order valence-electron chi connectivity index (χ1n) is 16.5. The van der Waals surface area contributed by atoms with Gasteiger partial charge in [-0.2, -0.15) is 5.10 Å². The Balaban J connectivity index is 1.12. The zero-order valence-electron chi connectivity index (χ0n) is 27.7. The molecule has 0 radical (unpaired) electrons. The fraction of sp³-hybridized carbons (Fsp3) is 0.0444. The van der Waals surface area contributed by atoms with Crippen LogP contribution in [0, 0.1) is 13.8 Å². The largest absolute Gasteiger partial charge is 0.355 e. The molecule has 0 heterocycles. The lowest BCUT2D eigenvalue weighted by atomic mass is 10.00. The molecule has 0 aliphatic carbocycles. The van der Waals surface area contributed by atoms with Gasteiger partial charge in [0.25, 0.3) is 0 Å². The molecule has 7 aromatic carbocycles. The van der Waals surface area contributed by atoms with Crippen molar-refractivity contribution in [3.05, 3.63) is 199 Å². The summed E-state index contributed by atoms with van der Waals surface area (Å²) in [6.45, 7) is 4.26. The van der Waals surface area contributed by atoms with Gasteiger partial charge in [-0.25, -0.2) is 5.01 Å². The van der Waals surface area contributed by atoms with E-state index in [-0.39, 0.29) is 0 Å². The van der Waals surface area contributed by atoms with Gasteiger partial charge in [0.2, 0.25) is 0 Å². The number of benzene rings is 7. The van der Waals surface area contributed by atoms with Gasteiger partial charge >= 0.3 is 0 Å². The molecule has 4 heteroatoms. The van der Waals surface area contributed by atoms with Crippen molar-refractivity contribution < 1.29 is 0 Å². The fourth-order valence-electron chi connectivity index (χ4n) is 5.87. The van der Waals surface area contributed by atoms with E-state index in [1.54, 1.807) is 0 Å². The van der Waals surface area contributed by atoms with E-state index in [1.165, 1.54) is 11.1 Å². The molecule has 0 amide bonds. The minimum atomic E-state index is 1.01.